The van der Waals surface area contributed by atoms with E-state index in [1.807, 2.05) is 48.8 Å². The first-order chi connectivity index (χ1) is 10.2. The summed E-state index contributed by atoms with van der Waals surface area (Å²) < 4.78 is 5.30. The molecule has 0 aliphatic rings. The van der Waals surface area contributed by atoms with Crippen molar-refractivity contribution in [3.8, 4) is 10.7 Å². The number of halogens is 1. The summed E-state index contributed by atoms with van der Waals surface area (Å²) in [6.07, 6.45) is 0. The van der Waals surface area contributed by atoms with Crippen molar-refractivity contribution in [1.82, 2.24) is 15.0 Å². The molecule has 3 aromatic rings. The van der Waals surface area contributed by atoms with Crippen LogP contribution in [-0.4, -0.2) is 22.1 Å². The Morgan fingerprint density at radius 2 is 2.00 bits per heavy atom. The van der Waals surface area contributed by atoms with Crippen LogP contribution in [0.25, 0.3) is 10.7 Å². The molecule has 2 aromatic heterocycles. The van der Waals surface area contributed by atoms with E-state index in [2.05, 4.69) is 15.0 Å². The zero-order valence-corrected chi connectivity index (χ0v) is 13.1. The Balaban J connectivity index is 1.62. The van der Waals surface area contributed by atoms with Crippen molar-refractivity contribution in [2.75, 3.05) is 7.05 Å². The molecule has 21 heavy (non-hydrogen) atoms. The Kier molecular flexibility index (Phi) is 4.34. The van der Waals surface area contributed by atoms with Gasteiger partial charge in [-0.3, -0.25) is 4.90 Å². The fourth-order valence-electron chi connectivity index (χ4n) is 2.01. The maximum atomic E-state index is 5.88. The fourth-order valence-corrected chi connectivity index (χ4v) is 2.79. The van der Waals surface area contributed by atoms with E-state index < -0.39 is 0 Å². The van der Waals surface area contributed by atoms with Crippen LogP contribution in [-0.2, 0) is 13.1 Å². The molecule has 1 aromatic carbocycles. The lowest BCUT2D eigenvalue weighted by atomic mass is 10.2. The van der Waals surface area contributed by atoms with Crippen molar-refractivity contribution in [2.24, 2.45) is 0 Å². The van der Waals surface area contributed by atoms with Crippen LogP contribution < -0.4 is 0 Å². The van der Waals surface area contributed by atoms with E-state index >= 15 is 0 Å². The van der Waals surface area contributed by atoms with Gasteiger partial charge in [0.15, 0.2) is 0 Å². The highest BCUT2D eigenvalue weighted by Gasteiger charge is 2.11. The maximum Gasteiger partial charge on any atom is 0.241 e. The smallest absolute Gasteiger partial charge is 0.241 e. The molecule has 0 saturated heterocycles. The second-order valence-electron chi connectivity index (χ2n) is 4.79. The molecule has 0 radical (unpaired) electrons. The van der Waals surface area contributed by atoms with Gasteiger partial charge in [0.05, 0.1) is 11.4 Å². The van der Waals surface area contributed by atoms with Gasteiger partial charge in [-0.2, -0.15) is 4.98 Å². The third-order valence-corrected chi connectivity index (χ3v) is 4.10. The lowest BCUT2D eigenvalue weighted by Gasteiger charge is -2.13. The van der Waals surface area contributed by atoms with Crippen molar-refractivity contribution in [3.05, 3.63) is 58.3 Å². The van der Waals surface area contributed by atoms with Crippen LogP contribution in [0.15, 0.2) is 46.3 Å². The molecule has 0 aliphatic carbocycles. The third-order valence-electron chi connectivity index (χ3n) is 2.98. The minimum Gasteiger partial charge on any atom is -0.338 e. The highest BCUT2D eigenvalue weighted by atomic mass is 35.5. The van der Waals surface area contributed by atoms with Crippen LogP contribution in [0.1, 0.15) is 11.5 Å². The van der Waals surface area contributed by atoms with Gasteiger partial charge in [0.1, 0.15) is 0 Å². The number of hydrogen-bond acceptors (Lipinski definition) is 5. The fraction of sp³-hybridized carbons (Fsp3) is 0.200. The second kappa shape index (κ2) is 6.39. The van der Waals surface area contributed by atoms with Gasteiger partial charge >= 0.3 is 0 Å². The lowest BCUT2D eigenvalue weighted by molar-refractivity contribution is 0.261. The molecule has 2 heterocycles. The van der Waals surface area contributed by atoms with Crippen LogP contribution in [0.5, 0.6) is 0 Å². The van der Waals surface area contributed by atoms with Crippen LogP contribution in [0.3, 0.4) is 0 Å². The molecule has 0 bridgehead atoms. The van der Waals surface area contributed by atoms with Gasteiger partial charge in [-0.05, 0) is 36.2 Å². The first-order valence-corrected chi connectivity index (χ1v) is 7.76. The number of aromatic nitrogens is 2. The predicted octanol–water partition coefficient (Wildman–Crippen LogP) is 4.08. The van der Waals surface area contributed by atoms with E-state index in [9.17, 15) is 0 Å². The van der Waals surface area contributed by atoms with E-state index in [-0.39, 0.29) is 0 Å². The molecule has 6 heteroatoms. The molecular weight excluding hydrogens is 306 g/mol. The van der Waals surface area contributed by atoms with Crippen LogP contribution >= 0.6 is 22.9 Å². The zero-order valence-electron chi connectivity index (χ0n) is 11.5. The molecule has 0 saturated carbocycles. The van der Waals surface area contributed by atoms with Crippen LogP contribution in [0.2, 0.25) is 5.02 Å². The quantitative estimate of drug-likeness (QED) is 0.710. The summed E-state index contributed by atoms with van der Waals surface area (Å²) in [6.45, 7) is 1.41. The van der Waals surface area contributed by atoms with Gasteiger partial charge in [-0.25, -0.2) is 0 Å². The van der Waals surface area contributed by atoms with Crippen molar-refractivity contribution in [1.29, 1.82) is 0 Å². The summed E-state index contributed by atoms with van der Waals surface area (Å²) in [5, 5.41) is 6.76. The number of nitrogens with zero attached hydrogens (tertiary/aromatic N) is 3. The van der Waals surface area contributed by atoms with Crippen molar-refractivity contribution < 1.29 is 4.52 Å². The van der Waals surface area contributed by atoms with Gasteiger partial charge in [0, 0.05) is 11.6 Å². The van der Waals surface area contributed by atoms with E-state index in [1.165, 1.54) is 5.56 Å². The first kappa shape index (κ1) is 14.3. The summed E-state index contributed by atoms with van der Waals surface area (Å²) in [6, 6.07) is 11.8. The van der Waals surface area contributed by atoms with Gasteiger partial charge in [0.25, 0.3) is 0 Å². The third kappa shape index (κ3) is 3.69. The van der Waals surface area contributed by atoms with Gasteiger partial charge in [0.2, 0.25) is 11.7 Å². The molecule has 0 spiro atoms. The van der Waals surface area contributed by atoms with Crippen LogP contribution in [0.4, 0.5) is 0 Å². The number of rotatable bonds is 5. The van der Waals surface area contributed by atoms with Crippen molar-refractivity contribution >= 4 is 22.9 Å². The summed E-state index contributed by atoms with van der Waals surface area (Å²) in [4.78, 5) is 7.56. The summed E-state index contributed by atoms with van der Waals surface area (Å²) in [5.41, 5.74) is 1.19. The minimum atomic E-state index is 0.612. The van der Waals surface area contributed by atoms with Crippen molar-refractivity contribution in [3.63, 3.8) is 0 Å². The van der Waals surface area contributed by atoms with Gasteiger partial charge in [-0.15, -0.1) is 11.3 Å². The molecular formula is C15H14ClN3OS. The largest absolute Gasteiger partial charge is 0.338 e. The highest BCUT2D eigenvalue weighted by Crippen LogP contribution is 2.21. The molecule has 0 N–H and O–H groups in total. The Bertz CT molecular complexity index is 694. The van der Waals surface area contributed by atoms with E-state index in [0.717, 1.165) is 16.4 Å². The average Bonchev–Trinajstić information content (AvgIpc) is 3.12. The Hall–Kier alpha value is -1.69. The van der Waals surface area contributed by atoms with E-state index in [1.54, 1.807) is 11.3 Å². The minimum absolute atomic E-state index is 0.612. The normalized spacial score (nSPS) is 11.2. The Labute approximate surface area is 132 Å². The maximum absolute atomic E-state index is 5.88. The van der Waals surface area contributed by atoms with E-state index in [4.69, 9.17) is 16.1 Å². The Morgan fingerprint density at radius 3 is 2.71 bits per heavy atom. The molecule has 108 valence electrons. The average molecular weight is 320 g/mol. The molecule has 3 rings (SSSR count). The summed E-state index contributed by atoms with van der Waals surface area (Å²) in [5.74, 6) is 1.27. The lowest BCUT2D eigenvalue weighted by Crippen LogP contribution is -2.17. The summed E-state index contributed by atoms with van der Waals surface area (Å²) >= 11 is 7.48. The molecule has 0 aliphatic heterocycles. The van der Waals surface area contributed by atoms with Crippen molar-refractivity contribution in [2.45, 2.75) is 13.1 Å². The molecule has 0 fully saturated rings. The zero-order chi connectivity index (χ0) is 14.7. The standard InChI is InChI=1S/C15H14ClN3OS/c1-19(9-11-4-6-12(16)7-5-11)10-14-17-15(18-20-14)13-3-2-8-21-13/h2-8H,9-10H2,1H3. The SMILES string of the molecule is CN(Cc1ccc(Cl)cc1)Cc1nc(-c2cccs2)no1. The number of hydrogen-bond donors (Lipinski definition) is 0. The first-order valence-electron chi connectivity index (χ1n) is 6.50. The second-order valence-corrected chi connectivity index (χ2v) is 6.17. The molecule has 0 unspecified atom stereocenters. The van der Waals surface area contributed by atoms with Crippen LogP contribution in [0, 0.1) is 0 Å². The highest BCUT2D eigenvalue weighted by molar-refractivity contribution is 7.13. The van der Waals surface area contributed by atoms with Gasteiger partial charge in [-0.1, -0.05) is 35.0 Å². The molecule has 4 nitrogen and oxygen atoms in total. The predicted molar refractivity (Wildman–Crippen MR) is 84.2 cm³/mol. The Morgan fingerprint density at radius 1 is 1.19 bits per heavy atom. The number of benzene rings is 1. The monoisotopic (exact) mass is 319 g/mol. The van der Waals surface area contributed by atoms with Gasteiger partial charge < -0.3 is 4.52 Å². The molecule has 0 amide bonds. The van der Waals surface area contributed by atoms with E-state index in [0.29, 0.717) is 18.3 Å². The number of thiophene rings is 1. The summed E-state index contributed by atoms with van der Waals surface area (Å²) in [7, 11) is 2.02. The molecule has 0 atom stereocenters. The topological polar surface area (TPSA) is 42.2 Å².